The molecule has 0 aliphatic carbocycles. The van der Waals surface area contributed by atoms with E-state index in [0.29, 0.717) is 29.4 Å². The van der Waals surface area contributed by atoms with E-state index >= 15 is 0 Å². The lowest BCUT2D eigenvalue weighted by atomic mass is 10.1. The van der Waals surface area contributed by atoms with Gasteiger partial charge in [-0.2, -0.15) is 0 Å². The zero-order valence-electron chi connectivity index (χ0n) is 14.3. The van der Waals surface area contributed by atoms with Gasteiger partial charge in [0.25, 0.3) is 0 Å². The normalized spacial score (nSPS) is 14.2. The lowest BCUT2D eigenvalue weighted by Gasteiger charge is -2.09. The van der Waals surface area contributed by atoms with Gasteiger partial charge in [-0.1, -0.05) is 24.3 Å². The summed E-state index contributed by atoms with van der Waals surface area (Å²) in [5.74, 6) is 1.38. The van der Waals surface area contributed by atoms with Crippen molar-refractivity contribution in [2.24, 2.45) is 0 Å². The smallest absolute Gasteiger partial charge is 0.231 e. The number of aromatic nitrogens is 1. The van der Waals surface area contributed by atoms with E-state index in [-0.39, 0.29) is 5.78 Å². The predicted octanol–water partition coefficient (Wildman–Crippen LogP) is 4.59. The summed E-state index contributed by atoms with van der Waals surface area (Å²) in [4.78, 5) is 16.5. The first-order chi connectivity index (χ1) is 12.7. The molecule has 0 atom stereocenters. The quantitative estimate of drug-likeness (QED) is 0.650. The van der Waals surface area contributed by atoms with E-state index in [0.717, 1.165) is 11.1 Å². The van der Waals surface area contributed by atoms with Crippen molar-refractivity contribution in [1.29, 1.82) is 0 Å². The third-order valence-corrected chi connectivity index (χ3v) is 4.30. The number of fused-ring (bicyclic) bond motifs is 1. The molecular weight excluding hydrogens is 326 g/mol. The van der Waals surface area contributed by atoms with Crippen LogP contribution in [0.5, 0.6) is 11.5 Å². The number of rotatable bonds is 4. The van der Waals surface area contributed by atoms with Crippen LogP contribution >= 0.6 is 0 Å². The molecule has 0 bridgehead atoms. The molecule has 0 N–H and O–H groups in total. The Kier molecular flexibility index (Phi) is 4.23. The molecule has 4 rings (SSSR count). The molecule has 4 heteroatoms. The van der Waals surface area contributed by atoms with E-state index in [2.05, 4.69) is 18.0 Å². The first-order valence-electron chi connectivity index (χ1n) is 8.36. The maximum absolute atomic E-state index is 12.5. The number of pyridine rings is 1. The fourth-order valence-electron chi connectivity index (χ4n) is 2.80. The molecule has 0 saturated heterocycles. The molecule has 2 heterocycles. The third kappa shape index (κ3) is 3.22. The van der Waals surface area contributed by atoms with Crippen LogP contribution < -0.4 is 9.47 Å². The van der Waals surface area contributed by atoms with Crippen LogP contribution in [0.3, 0.4) is 0 Å². The minimum atomic E-state index is -0.123. The lowest BCUT2D eigenvalue weighted by molar-refractivity contribution is 0.101. The number of ketones is 1. The van der Waals surface area contributed by atoms with Crippen molar-refractivity contribution in [3.8, 4) is 11.5 Å². The Balaban J connectivity index is 1.53. The van der Waals surface area contributed by atoms with Gasteiger partial charge in [-0.3, -0.25) is 9.78 Å². The summed E-state index contributed by atoms with van der Waals surface area (Å²) in [7, 11) is 0. The van der Waals surface area contributed by atoms with Crippen LogP contribution in [-0.4, -0.2) is 10.8 Å². The predicted molar refractivity (Wildman–Crippen MR) is 99.1 cm³/mol. The standard InChI is InChI=1S/C22H17NO3/c1-15-4-2-3-5-17(15)14-25-18-6-7-19-20(13-18)26-21(22(19)24)12-16-8-10-23-11-9-16/h2-13H,14H2,1H3. The lowest BCUT2D eigenvalue weighted by Crippen LogP contribution is -1.98. The molecule has 2 aromatic carbocycles. The maximum atomic E-state index is 12.5. The van der Waals surface area contributed by atoms with Crippen LogP contribution in [0.25, 0.3) is 6.08 Å². The highest BCUT2D eigenvalue weighted by molar-refractivity contribution is 6.14. The average Bonchev–Trinajstić information content (AvgIpc) is 2.97. The van der Waals surface area contributed by atoms with Gasteiger partial charge in [-0.25, -0.2) is 0 Å². The molecule has 0 radical (unpaired) electrons. The van der Waals surface area contributed by atoms with Crippen LogP contribution in [0, 0.1) is 6.92 Å². The average molecular weight is 343 g/mol. The van der Waals surface area contributed by atoms with E-state index in [4.69, 9.17) is 9.47 Å². The minimum absolute atomic E-state index is 0.123. The van der Waals surface area contributed by atoms with Crippen molar-refractivity contribution in [2.75, 3.05) is 0 Å². The van der Waals surface area contributed by atoms with E-state index in [1.807, 2.05) is 30.3 Å². The number of Topliss-reactive ketones (excluding diaryl/α,β-unsaturated/α-hetero) is 1. The molecule has 26 heavy (non-hydrogen) atoms. The summed E-state index contributed by atoms with van der Waals surface area (Å²) in [6.45, 7) is 2.53. The number of hydrogen-bond donors (Lipinski definition) is 0. The van der Waals surface area contributed by atoms with Crippen LogP contribution in [0.4, 0.5) is 0 Å². The largest absolute Gasteiger partial charge is 0.489 e. The second-order valence-electron chi connectivity index (χ2n) is 6.09. The monoisotopic (exact) mass is 343 g/mol. The van der Waals surface area contributed by atoms with E-state index in [1.165, 1.54) is 5.56 Å². The summed E-state index contributed by atoms with van der Waals surface area (Å²) in [6.07, 6.45) is 5.07. The zero-order chi connectivity index (χ0) is 17.9. The van der Waals surface area contributed by atoms with Crippen LogP contribution in [0.15, 0.2) is 72.8 Å². The Morgan fingerprint density at radius 2 is 1.88 bits per heavy atom. The number of ether oxygens (including phenoxy) is 2. The molecule has 1 aliphatic rings. The number of allylic oxidation sites excluding steroid dienone is 1. The molecule has 4 nitrogen and oxygen atoms in total. The molecule has 1 aliphatic heterocycles. The fraction of sp³-hybridized carbons (Fsp3) is 0.0909. The molecule has 0 fully saturated rings. The summed E-state index contributed by atoms with van der Waals surface area (Å²) >= 11 is 0. The molecule has 0 unspecified atom stereocenters. The van der Waals surface area contributed by atoms with Crippen molar-refractivity contribution >= 4 is 11.9 Å². The van der Waals surface area contributed by atoms with Crippen molar-refractivity contribution in [3.63, 3.8) is 0 Å². The topological polar surface area (TPSA) is 48.4 Å². The molecule has 3 aromatic rings. The van der Waals surface area contributed by atoms with Gasteiger partial charge in [-0.05, 0) is 54.0 Å². The third-order valence-electron chi connectivity index (χ3n) is 4.30. The maximum Gasteiger partial charge on any atom is 0.231 e. The molecular formula is C22H17NO3. The summed E-state index contributed by atoms with van der Waals surface area (Å²) in [6, 6.07) is 17.0. The number of benzene rings is 2. The van der Waals surface area contributed by atoms with Crippen LogP contribution in [0.2, 0.25) is 0 Å². The highest BCUT2D eigenvalue weighted by atomic mass is 16.5. The summed E-state index contributed by atoms with van der Waals surface area (Å²) in [5, 5.41) is 0. The Morgan fingerprint density at radius 3 is 2.69 bits per heavy atom. The number of nitrogens with zero attached hydrogens (tertiary/aromatic N) is 1. The van der Waals surface area contributed by atoms with Crippen molar-refractivity contribution in [1.82, 2.24) is 4.98 Å². The second-order valence-corrected chi connectivity index (χ2v) is 6.09. The van der Waals surface area contributed by atoms with E-state index in [1.54, 1.807) is 36.7 Å². The second kappa shape index (κ2) is 6.84. The van der Waals surface area contributed by atoms with E-state index in [9.17, 15) is 4.79 Å². The van der Waals surface area contributed by atoms with E-state index < -0.39 is 0 Å². The molecule has 0 amide bonds. The minimum Gasteiger partial charge on any atom is -0.489 e. The van der Waals surface area contributed by atoms with Gasteiger partial charge in [-0.15, -0.1) is 0 Å². The molecule has 1 aromatic heterocycles. The first kappa shape index (κ1) is 16.1. The Labute approximate surface area is 151 Å². The van der Waals surface area contributed by atoms with Gasteiger partial charge in [0.2, 0.25) is 5.78 Å². The van der Waals surface area contributed by atoms with Crippen molar-refractivity contribution in [3.05, 3.63) is 95.0 Å². The van der Waals surface area contributed by atoms with Crippen LogP contribution in [0.1, 0.15) is 27.0 Å². The van der Waals surface area contributed by atoms with Gasteiger partial charge in [0, 0.05) is 18.5 Å². The van der Waals surface area contributed by atoms with Gasteiger partial charge >= 0.3 is 0 Å². The first-order valence-corrected chi connectivity index (χ1v) is 8.36. The summed E-state index contributed by atoms with van der Waals surface area (Å²) in [5.41, 5.74) is 3.73. The van der Waals surface area contributed by atoms with Gasteiger partial charge in [0.1, 0.15) is 18.1 Å². The molecule has 0 saturated carbocycles. The Bertz CT molecular complexity index is 993. The number of hydrogen-bond acceptors (Lipinski definition) is 4. The van der Waals surface area contributed by atoms with Gasteiger partial charge in [0.15, 0.2) is 5.76 Å². The zero-order valence-corrected chi connectivity index (χ0v) is 14.3. The number of aryl methyl sites for hydroxylation is 1. The van der Waals surface area contributed by atoms with Gasteiger partial charge < -0.3 is 9.47 Å². The number of carbonyl (C=O) groups is 1. The van der Waals surface area contributed by atoms with Gasteiger partial charge in [0.05, 0.1) is 5.56 Å². The fourth-order valence-corrected chi connectivity index (χ4v) is 2.80. The highest BCUT2D eigenvalue weighted by Gasteiger charge is 2.27. The van der Waals surface area contributed by atoms with Crippen molar-refractivity contribution < 1.29 is 14.3 Å². The van der Waals surface area contributed by atoms with Crippen molar-refractivity contribution in [2.45, 2.75) is 13.5 Å². The Morgan fingerprint density at radius 1 is 1.08 bits per heavy atom. The Hall–Kier alpha value is -3.40. The summed E-state index contributed by atoms with van der Waals surface area (Å²) < 4.78 is 11.6. The SMILES string of the molecule is Cc1ccccc1COc1ccc2c(c1)OC(=Cc1ccncc1)C2=O. The van der Waals surface area contributed by atoms with Crippen LogP contribution in [-0.2, 0) is 6.61 Å². The highest BCUT2D eigenvalue weighted by Crippen LogP contribution is 2.35. The molecule has 128 valence electrons. The molecule has 0 spiro atoms. The number of carbonyl (C=O) groups excluding carboxylic acids is 1.